The summed E-state index contributed by atoms with van der Waals surface area (Å²) in [5, 5.41) is 4.01. The lowest BCUT2D eigenvalue weighted by Crippen LogP contribution is -2.19. The van der Waals surface area contributed by atoms with Crippen LogP contribution < -0.4 is 5.73 Å². The third-order valence-corrected chi connectivity index (χ3v) is 3.99. The summed E-state index contributed by atoms with van der Waals surface area (Å²) < 4.78 is 10.8. The van der Waals surface area contributed by atoms with Gasteiger partial charge in [0.2, 0.25) is 5.89 Å². The van der Waals surface area contributed by atoms with Crippen molar-refractivity contribution in [3.05, 3.63) is 11.7 Å². The largest absolute Gasteiger partial charge is 0.379 e. The number of hydrogen-bond acceptors (Lipinski definition) is 5. The Hall–Kier alpha value is -0.940. The molecular formula is C14H25N3O2. The molecule has 2 unspecified atom stereocenters. The molecule has 1 aromatic rings. The highest BCUT2D eigenvalue weighted by molar-refractivity contribution is 5.05. The van der Waals surface area contributed by atoms with Crippen molar-refractivity contribution in [3.63, 3.8) is 0 Å². The van der Waals surface area contributed by atoms with Crippen LogP contribution in [0.5, 0.6) is 0 Å². The Morgan fingerprint density at radius 3 is 2.95 bits per heavy atom. The Labute approximate surface area is 114 Å². The van der Waals surface area contributed by atoms with Crippen LogP contribution in [-0.4, -0.2) is 23.4 Å². The van der Waals surface area contributed by atoms with Crippen molar-refractivity contribution in [3.8, 4) is 0 Å². The summed E-state index contributed by atoms with van der Waals surface area (Å²) in [6.07, 6.45) is 4.54. The number of nitrogens with two attached hydrogens (primary N) is 1. The predicted octanol–water partition coefficient (Wildman–Crippen LogP) is 2.79. The fourth-order valence-electron chi connectivity index (χ4n) is 2.75. The lowest BCUT2D eigenvalue weighted by molar-refractivity contribution is 0.119. The molecule has 0 spiro atoms. The van der Waals surface area contributed by atoms with Crippen LogP contribution in [-0.2, 0) is 4.74 Å². The molecule has 0 aromatic carbocycles. The number of aromatic nitrogens is 2. The van der Waals surface area contributed by atoms with Gasteiger partial charge in [0.15, 0.2) is 5.82 Å². The second kappa shape index (κ2) is 6.01. The Kier molecular flexibility index (Phi) is 4.58. The fraction of sp³-hybridized carbons (Fsp3) is 0.857. The van der Waals surface area contributed by atoms with Crippen molar-refractivity contribution in [1.29, 1.82) is 0 Å². The molecule has 1 saturated carbocycles. The zero-order valence-electron chi connectivity index (χ0n) is 12.2. The van der Waals surface area contributed by atoms with Gasteiger partial charge < -0.3 is 15.0 Å². The smallest absolute Gasteiger partial charge is 0.230 e. The van der Waals surface area contributed by atoms with Crippen molar-refractivity contribution in [2.24, 2.45) is 11.1 Å². The van der Waals surface area contributed by atoms with Crippen LogP contribution in [0.25, 0.3) is 0 Å². The average Bonchev–Trinajstić information content (AvgIpc) is 2.95. The highest BCUT2D eigenvalue weighted by Crippen LogP contribution is 2.48. The van der Waals surface area contributed by atoms with Crippen LogP contribution in [0.4, 0.5) is 0 Å². The SMILES string of the molecule is CCCOCC(N)c1noc(C2CCCC2(C)C)n1. The average molecular weight is 267 g/mol. The maximum Gasteiger partial charge on any atom is 0.230 e. The van der Waals surface area contributed by atoms with Gasteiger partial charge in [0.1, 0.15) is 0 Å². The molecule has 2 N–H and O–H groups in total. The van der Waals surface area contributed by atoms with Crippen LogP contribution in [0.15, 0.2) is 4.52 Å². The van der Waals surface area contributed by atoms with E-state index in [1.54, 1.807) is 0 Å². The van der Waals surface area contributed by atoms with E-state index >= 15 is 0 Å². The highest BCUT2D eigenvalue weighted by Gasteiger charge is 2.39. The van der Waals surface area contributed by atoms with Crippen molar-refractivity contribution < 1.29 is 9.26 Å². The third kappa shape index (κ3) is 3.34. The van der Waals surface area contributed by atoms with Crippen LogP contribution in [0.2, 0.25) is 0 Å². The monoisotopic (exact) mass is 267 g/mol. The molecular weight excluding hydrogens is 242 g/mol. The molecule has 1 aliphatic rings. The van der Waals surface area contributed by atoms with Gasteiger partial charge in [-0.25, -0.2) is 0 Å². The molecule has 0 amide bonds. The van der Waals surface area contributed by atoms with Gasteiger partial charge in [0, 0.05) is 12.5 Å². The van der Waals surface area contributed by atoms with E-state index in [4.69, 9.17) is 15.0 Å². The minimum absolute atomic E-state index is 0.243. The topological polar surface area (TPSA) is 74.2 Å². The van der Waals surface area contributed by atoms with Crippen LogP contribution in [0, 0.1) is 5.41 Å². The minimum atomic E-state index is -0.298. The Morgan fingerprint density at radius 1 is 1.53 bits per heavy atom. The zero-order valence-corrected chi connectivity index (χ0v) is 12.2. The lowest BCUT2D eigenvalue weighted by atomic mass is 9.82. The van der Waals surface area contributed by atoms with Gasteiger partial charge in [0.25, 0.3) is 0 Å². The first kappa shape index (κ1) is 14.5. The summed E-state index contributed by atoms with van der Waals surface area (Å²) in [5.74, 6) is 1.66. The molecule has 0 saturated heterocycles. The van der Waals surface area contributed by atoms with Crippen molar-refractivity contribution in [2.75, 3.05) is 13.2 Å². The van der Waals surface area contributed by atoms with Crippen LogP contribution in [0.1, 0.15) is 70.1 Å². The molecule has 108 valence electrons. The number of rotatable bonds is 6. The van der Waals surface area contributed by atoms with E-state index in [0.29, 0.717) is 25.0 Å². The van der Waals surface area contributed by atoms with Crippen molar-refractivity contribution in [1.82, 2.24) is 10.1 Å². The van der Waals surface area contributed by atoms with E-state index in [0.717, 1.165) is 18.7 Å². The lowest BCUT2D eigenvalue weighted by Gasteiger charge is -2.23. The molecule has 1 aromatic heterocycles. The van der Waals surface area contributed by atoms with E-state index < -0.39 is 0 Å². The molecule has 0 aliphatic heterocycles. The van der Waals surface area contributed by atoms with Gasteiger partial charge in [-0.3, -0.25) is 0 Å². The molecule has 5 heteroatoms. The summed E-state index contributed by atoms with van der Waals surface area (Å²) in [6.45, 7) is 7.76. The van der Waals surface area contributed by atoms with Crippen LogP contribution >= 0.6 is 0 Å². The molecule has 1 aliphatic carbocycles. The third-order valence-electron chi connectivity index (χ3n) is 3.99. The van der Waals surface area contributed by atoms with Crippen LogP contribution in [0.3, 0.4) is 0 Å². The molecule has 5 nitrogen and oxygen atoms in total. The second-order valence-electron chi connectivity index (χ2n) is 6.11. The zero-order chi connectivity index (χ0) is 13.9. The van der Waals surface area contributed by atoms with E-state index in [-0.39, 0.29) is 11.5 Å². The second-order valence-corrected chi connectivity index (χ2v) is 6.11. The standard InChI is InChI=1S/C14H25N3O2/c1-4-8-18-9-11(15)12-16-13(19-17-12)10-6-5-7-14(10,2)3/h10-11H,4-9,15H2,1-3H3. The van der Waals surface area contributed by atoms with Gasteiger partial charge in [-0.15, -0.1) is 0 Å². The first-order valence-electron chi connectivity index (χ1n) is 7.21. The Morgan fingerprint density at radius 2 is 2.32 bits per heavy atom. The van der Waals surface area contributed by atoms with Gasteiger partial charge in [-0.2, -0.15) is 4.98 Å². The quantitative estimate of drug-likeness (QED) is 0.802. The predicted molar refractivity (Wildman–Crippen MR) is 72.7 cm³/mol. The highest BCUT2D eigenvalue weighted by atomic mass is 16.5. The van der Waals surface area contributed by atoms with E-state index in [1.165, 1.54) is 12.8 Å². The molecule has 19 heavy (non-hydrogen) atoms. The number of hydrogen-bond donors (Lipinski definition) is 1. The first-order chi connectivity index (χ1) is 9.04. The van der Waals surface area contributed by atoms with E-state index in [9.17, 15) is 0 Å². The summed E-state index contributed by atoms with van der Waals surface area (Å²) >= 11 is 0. The Bertz CT molecular complexity index is 403. The normalized spacial score (nSPS) is 23.7. The van der Waals surface area contributed by atoms with Gasteiger partial charge in [0.05, 0.1) is 12.6 Å². The summed E-state index contributed by atoms with van der Waals surface area (Å²) in [4.78, 5) is 4.48. The summed E-state index contributed by atoms with van der Waals surface area (Å²) in [7, 11) is 0. The van der Waals surface area contributed by atoms with E-state index in [1.807, 2.05) is 0 Å². The van der Waals surface area contributed by atoms with Gasteiger partial charge >= 0.3 is 0 Å². The summed E-state index contributed by atoms with van der Waals surface area (Å²) in [5.41, 5.74) is 6.25. The number of nitrogens with zero attached hydrogens (tertiary/aromatic N) is 2. The Balaban J connectivity index is 1.98. The van der Waals surface area contributed by atoms with E-state index in [2.05, 4.69) is 30.9 Å². The van der Waals surface area contributed by atoms with Gasteiger partial charge in [-0.1, -0.05) is 32.3 Å². The summed E-state index contributed by atoms with van der Waals surface area (Å²) in [6, 6.07) is -0.298. The maximum absolute atomic E-state index is 6.01. The molecule has 2 atom stereocenters. The van der Waals surface area contributed by atoms with Gasteiger partial charge in [-0.05, 0) is 24.7 Å². The van der Waals surface area contributed by atoms with Crippen molar-refractivity contribution >= 4 is 0 Å². The number of ether oxygens (including phenoxy) is 1. The molecule has 2 rings (SSSR count). The minimum Gasteiger partial charge on any atom is -0.379 e. The molecule has 1 heterocycles. The molecule has 0 bridgehead atoms. The maximum atomic E-state index is 6.01. The molecule has 1 fully saturated rings. The fourth-order valence-corrected chi connectivity index (χ4v) is 2.75. The first-order valence-corrected chi connectivity index (χ1v) is 7.21. The van der Waals surface area contributed by atoms with Crippen molar-refractivity contribution in [2.45, 2.75) is 58.4 Å². The molecule has 0 radical (unpaired) electrons.